The first kappa shape index (κ1) is 22.8. The highest BCUT2D eigenvalue weighted by molar-refractivity contribution is 5.93. The molecule has 1 aliphatic heterocycles. The van der Waals surface area contributed by atoms with E-state index in [0.29, 0.717) is 0 Å². The smallest absolute Gasteiger partial charge is 0.354 e. The van der Waals surface area contributed by atoms with Gasteiger partial charge >= 0.3 is 5.97 Å². The Labute approximate surface area is 214 Å². The molecule has 1 fully saturated rings. The number of nitrogens with zero attached hydrogens (tertiary/aromatic N) is 5. The first-order valence-corrected chi connectivity index (χ1v) is 12.4. The summed E-state index contributed by atoms with van der Waals surface area (Å²) in [4.78, 5) is 35.3. The van der Waals surface area contributed by atoms with Crippen LogP contribution in [0.3, 0.4) is 0 Å². The lowest BCUT2D eigenvalue weighted by atomic mass is 10.0. The third-order valence-electron chi connectivity index (χ3n) is 6.85. The van der Waals surface area contributed by atoms with Crippen molar-refractivity contribution in [3.8, 4) is 33.8 Å². The molecule has 5 heterocycles. The molecule has 0 unspecified atom stereocenters. The number of fused-ring (bicyclic) bond motifs is 1. The van der Waals surface area contributed by atoms with Gasteiger partial charge in [0.2, 0.25) is 0 Å². The van der Waals surface area contributed by atoms with Gasteiger partial charge in [-0.1, -0.05) is 12.1 Å². The standard InChI is InChI=1S/C29H26N6O2/c1-18-6-5-7-24(34-18)28-27(32-17-33-28)19-8-9-23-20(12-19)13-21(15-30-23)22-16-31-25(29(36)37)14-26(22)35-10-3-2-4-11-35/h5-9,12-17H,2-4,10-11H2,1H3,(H,32,33)(H,36,37). The summed E-state index contributed by atoms with van der Waals surface area (Å²) in [7, 11) is 0. The maximum absolute atomic E-state index is 11.7. The number of carbonyl (C=O) groups is 1. The topological polar surface area (TPSA) is 108 Å². The minimum absolute atomic E-state index is 0.0520. The molecule has 2 N–H and O–H groups in total. The summed E-state index contributed by atoms with van der Waals surface area (Å²) in [5.41, 5.74) is 8.04. The number of H-pyrrole nitrogens is 1. The van der Waals surface area contributed by atoms with Crippen LogP contribution in [0.5, 0.6) is 0 Å². The largest absolute Gasteiger partial charge is 0.477 e. The highest BCUT2D eigenvalue weighted by Crippen LogP contribution is 2.35. The van der Waals surface area contributed by atoms with Gasteiger partial charge in [-0.05, 0) is 62.6 Å². The summed E-state index contributed by atoms with van der Waals surface area (Å²) in [5.74, 6) is -1.02. The van der Waals surface area contributed by atoms with E-state index in [9.17, 15) is 9.90 Å². The van der Waals surface area contributed by atoms with Gasteiger partial charge in [-0.2, -0.15) is 0 Å². The van der Waals surface area contributed by atoms with E-state index >= 15 is 0 Å². The molecule has 5 aromatic rings. The van der Waals surface area contributed by atoms with Crippen molar-refractivity contribution in [3.63, 3.8) is 0 Å². The van der Waals surface area contributed by atoms with E-state index < -0.39 is 5.97 Å². The molecule has 1 aliphatic rings. The maximum Gasteiger partial charge on any atom is 0.354 e. The van der Waals surface area contributed by atoms with E-state index in [4.69, 9.17) is 4.98 Å². The molecule has 0 spiro atoms. The summed E-state index contributed by atoms with van der Waals surface area (Å²) in [6.45, 7) is 3.77. The molecule has 37 heavy (non-hydrogen) atoms. The van der Waals surface area contributed by atoms with Crippen molar-refractivity contribution in [3.05, 3.63) is 78.6 Å². The number of benzene rings is 1. The van der Waals surface area contributed by atoms with E-state index in [1.165, 1.54) is 6.42 Å². The Bertz CT molecular complexity index is 1620. The molecule has 0 aliphatic carbocycles. The van der Waals surface area contributed by atoms with E-state index in [1.807, 2.05) is 43.5 Å². The highest BCUT2D eigenvalue weighted by atomic mass is 16.4. The van der Waals surface area contributed by atoms with E-state index in [1.54, 1.807) is 18.6 Å². The summed E-state index contributed by atoms with van der Waals surface area (Å²) in [6, 6.07) is 15.8. The Hall–Kier alpha value is -4.59. The van der Waals surface area contributed by atoms with Crippen LogP contribution < -0.4 is 4.90 Å². The first-order valence-electron chi connectivity index (χ1n) is 12.4. The van der Waals surface area contributed by atoms with Gasteiger partial charge in [0, 0.05) is 58.9 Å². The van der Waals surface area contributed by atoms with Crippen molar-refractivity contribution >= 4 is 22.6 Å². The number of aromatic amines is 1. The monoisotopic (exact) mass is 490 g/mol. The number of anilines is 1. The Morgan fingerprint density at radius 2 is 1.78 bits per heavy atom. The van der Waals surface area contributed by atoms with Crippen LogP contribution in [0.2, 0.25) is 0 Å². The molecule has 0 saturated carbocycles. The molecule has 1 aromatic carbocycles. The molecular weight excluding hydrogens is 464 g/mol. The van der Waals surface area contributed by atoms with Gasteiger partial charge in [-0.15, -0.1) is 0 Å². The molecule has 0 bridgehead atoms. The number of piperidine rings is 1. The Morgan fingerprint density at radius 3 is 2.59 bits per heavy atom. The predicted octanol–water partition coefficient (Wildman–Crippen LogP) is 5.75. The number of carboxylic acid groups (broad SMARTS) is 1. The average Bonchev–Trinajstić information content (AvgIpc) is 3.43. The van der Waals surface area contributed by atoms with Gasteiger partial charge in [0.15, 0.2) is 0 Å². The van der Waals surface area contributed by atoms with Crippen LogP contribution in [0, 0.1) is 6.92 Å². The Kier molecular flexibility index (Phi) is 5.84. The molecule has 184 valence electrons. The van der Waals surface area contributed by atoms with Gasteiger partial charge in [0.25, 0.3) is 0 Å². The molecule has 0 atom stereocenters. The van der Waals surface area contributed by atoms with Crippen molar-refractivity contribution in [2.24, 2.45) is 0 Å². The van der Waals surface area contributed by atoms with Crippen LogP contribution in [-0.4, -0.2) is 49.1 Å². The number of imidazole rings is 1. The third kappa shape index (κ3) is 4.42. The predicted molar refractivity (Wildman–Crippen MR) is 144 cm³/mol. The minimum atomic E-state index is -1.02. The molecule has 0 amide bonds. The summed E-state index contributed by atoms with van der Waals surface area (Å²) < 4.78 is 0. The number of pyridine rings is 3. The lowest BCUT2D eigenvalue weighted by Gasteiger charge is -2.30. The molecule has 8 heteroatoms. The van der Waals surface area contributed by atoms with Crippen molar-refractivity contribution in [1.29, 1.82) is 0 Å². The zero-order chi connectivity index (χ0) is 25.4. The van der Waals surface area contributed by atoms with E-state index in [-0.39, 0.29) is 5.69 Å². The first-order chi connectivity index (χ1) is 18.1. The Morgan fingerprint density at radius 1 is 0.946 bits per heavy atom. The molecule has 4 aromatic heterocycles. The lowest BCUT2D eigenvalue weighted by Crippen LogP contribution is -2.30. The normalized spacial score (nSPS) is 13.7. The zero-order valence-corrected chi connectivity index (χ0v) is 20.5. The van der Waals surface area contributed by atoms with Gasteiger partial charge in [-0.3, -0.25) is 9.97 Å². The van der Waals surface area contributed by atoms with Crippen LogP contribution in [0.4, 0.5) is 5.69 Å². The number of rotatable bonds is 5. The number of hydrogen-bond donors (Lipinski definition) is 2. The second-order valence-electron chi connectivity index (χ2n) is 9.36. The SMILES string of the molecule is Cc1cccc(-c2[nH]cnc2-c2ccc3ncc(-c4cnc(C(=O)O)cc4N4CCCCC4)cc3c2)n1. The molecule has 6 rings (SSSR count). The number of aryl methyl sites for hydroxylation is 1. The van der Waals surface area contributed by atoms with Crippen LogP contribution >= 0.6 is 0 Å². The quantitative estimate of drug-likeness (QED) is 0.323. The van der Waals surface area contributed by atoms with Gasteiger partial charge in [0.1, 0.15) is 5.69 Å². The molecule has 1 saturated heterocycles. The molecule has 0 radical (unpaired) electrons. The van der Waals surface area contributed by atoms with Crippen molar-refractivity contribution in [2.75, 3.05) is 18.0 Å². The molecular formula is C29H26N6O2. The van der Waals surface area contributed by atoms with Crippen molar-refractivity contribution in [2.45, 2.75) is 26.2 Å². The van der Waals surface area contributed by atoms with Crippen molar-refractivity contribution in [1.82, 2.24) is 24.9 Å². The lowest BCUT2D eigenvalue weighted by molar-refractivity contribution is 0.0690. The number of aromatic nitrogens is 5. The van der Waals surface area contributed by atoms with Gasteiger partial charge < -0.3 is 15.0 Å². The number of aromatic carboxylic acids is 1. The third-order valence-corrected chi connectivity index (χ3v) is 6.85. The van der Waals surface area contributed by atoms with Gasteiger partial charge in [-0.25, -0.2) is 14.8 Å². The minimum Gasteiger partial charge on any atom is -0.477 e. The summed E-state index contributed by atoms with van der Waals surface area (Å²) >= 11 is 0. The van der Waals surface area contributed by atoms with Crippen LogP contribution in [-0.2, 0) is 0 Å². The van der Waals surface area contributed by atoms with Crippen molar-refractivity contribution < 1.29 is 9.90 Å². The Balaban J connectivity index is 1.44. The summed E-state index contributed by atoms with van der Waals surface area (Å²) in [5, 5.41) is 10.5. The average molecular weight is 491 g/mol. The fraction of sp³-hybridized carbons (Fsp3) is 0.207. The fourth-order valence-electron chi connectivity index (χ4n) is 5.00. The maximum atomic E-state index is 11.7. The van der Waals surface area contributed by atoms with Crippen LogP contribution in [0.1, 0.15) is 35.4 Å². The fourth-order valence-corrected chi connectivity index (χ4v) is 5.00. The van der Waals surface area contributed by atoms with Crippen LogP contribution in [0.25, 0.3) is 44.7 Å². The molecule has 8 nitrogen and oxygen atoms in total. The summed E-state index contributed by atoms with van der Waals surface area (Å²) in [6.07, 6.45) is 8.56. The number of carboxylic acids is 1. The van der Waals surface area contributed by atoms with E-state index in [0.717, 1.165) is 82.0 Å². The number of nitrogens with one attached hydrogen (secondary N) is 1. The van der Waals surface area contributed by atoms with Crippen LogP contribution in [0.15, 0.2) is 67.3 Å². The highest BCUT2D eigenvalue weighted by Gasteiger charge is 2.20. The second kappa shape index (κ2) is 9.46. The number of hydrogen-bond acceptors (Lipinski definition) is 6. The second-order valence-corrected chi connectivity index (χ2v) is 9.36. The zero-order valence-electron chi connectivity index (χ0n) is 20.5. The van der Waals surface area contributed by atoms with E-state index in [2.05, 4.69) is 37.0 Å². The van der Waals surface area contributed by atoms with Gasteiger partial charge in [0.05, 0.1) is 28.9 Å².